The minimum atomic E-state index is 0.745. The van der Waals surface area contributed by atoms with Gasteiger partial charge in [0.1, 0.15) is 5.76 Å². The van der Waals surface area contributed by atoms with Gasteiger partial charge < -0.3 is 14.7 Å². The van der Waals surface area contributed by atoms with Crippen molar-refractivity contribution in [3.05, 3.63) is 33.1 Å². The summed E-state index contributed by atoms with van der Waals surface area (Å²) in [6.45, 7) is 7.47. The second-order valence-electron chi connectivity index (χ2n) is 5.24. The zero-order valence-electron chi connectivity index (χ0n) is 13.8. The summed E-state index contributed by atoms with van der Waals surface area (Å²) in [5, 5.41) is 10.5. The van der Waals surface area contributed by atoms with Crippen LogP contribution < -0.4 is 5.32 Å². The molecule has 2 heterocycles. The van der Waals surface area contributed by atoms with E-state index in [1.807, 2.05) is 27.8 Å². The van der Waals surface area contributed by atoms with Crippen LogP contribution in [0.4, 0.5) is 0 Å². The molecule has 0 aromatic carbocycles. The van der Waals surface area contributed by atoms with Crippen LogP contribution in [-0.2, 0) is 13.0 Å². The molecule has 2 rings (SSSR count). The largest absolute Gasteiger partial charge is 0.361 e. The highest BCUT2D eigenvalue weighted by Gasteiger charge is 2.11. The molecule has 6 nitrogen and oxygen atoms in total. The van der Waals surface area contributed by atoms with Gasteiger partial charge >= 0.3 is 0 Å². The predicted octanol–water partition coefficient (Wildman–Crippen LogP) is 2.31. The van der Waals surface area contributed by atoms with Crippen molar-refractivity contribution in [2.24, 2.45) is 4.99 Å². The second-order valence-corrected chi connectivity index (χ2v) is 6.30. The summed E-state index contributed by atoms with van der Waals surface area (Å²) < 4.78 is 5.18. The fraction of sp³-hybridized carbons (Fsp3) is 0.533. The molecule has 0 saturated heterocycles. The van der Waals surface area contributed by atoms with E-state index in [2.05, 4.69) is 30.7 Å². The average Bonchev–Trinajstić information content (AvgIpc) is 3.02. The van der Waals surface area contributed by atoms with Crippen molar-refractivity contribution in [1.82, 2.24) is 20.4 Å². The summed E-state index contributed by atoms with van der Waals surface area (Å²) in [5.74, 6) is 1.75. The van der Waals surface area contributed by atoms with Gasteiger partial charge in [-0.15, -0.1) is 11.3 Å². The number of nitrogens with zero attached hydrogens (tertiary/aromatic N) is 4. The van der Waals surface area contributed by atoms with E-state index in [4.69, 9.17) is 4.52 Å². The van der Waals surface area contributed by atoms with E-state index in [0.29, 0.717) is 0 Å². The molecular weight excluding hydrogens is 298 g/mol. The Morgan fingerprint density at radius 2 is 2.18 bits per heavy atom. The monoisotopic (exact) mass is 321 g/mol. The van der Waals surface area contributed by atoms with Crippen molar-refractivity contribution in [1.29, 1.82) is 0 Å². The SMILES string of the molecule is CN=C(NCCc1c(C)noc1C)N(C)Cc1csc(C)n1. The van der Waals surface area contributed by atoms with Crippen molar-refractivity contribution in [3.8, 4) is 0 Å². The molecule has 0 aliphatic carbocycles. The molecule has 0 aliphatic rings. The molecule has 0 aliphatic heterocycles. The minimum Gasteiger partial charge on any atom is -0.361 e. The molecule has 0 unspecified atom stereocenters. The molecule has 2 aromatic heterocycles. The number of rotatable bonds is 5. The van der Waals surface area contributed by atoms with E-state index in [9.17, 15) is 0 Å². The fourth-order valence-corrected chi connectivity index (χ4v) is 2.95. The molecule has 0 saturated carbocycles. The summed E-state index contributed by atoms with van der Waals surface area (Å²) in [5.41, 5.74) is 3.19. The summed E-state index contributed by atoms with van der Waals surface area (Å²) in [7, 11) is 3.81. The van der Waals surface area contributed by atoms with E-state index in [1.165, 1.54) is 5.56 Å². The zero-order valence-corrected chi connectivity index (χ0v) is 14.6. The molecule has 0 atom stereocenters. The third kappa shape index (κ3) is 4.07. The third-order valence-corrected chi connectivity index (χ3v) is 4.30. The zero-order chi connectivity index (χ0) is 16.1. The first-order valence-electron chi connectivity index (χ1n) is 7.25. The molecule has 1 N–H and O–H groups in total. The number of aryl methyl sites for hydroxylation is 3. The standard InChI is InChI=1S/C15H23N5OS/c1-10-14(11(2)21-19-10)6-7-17-15(16-4)20(5)8-13-9-22-12(3)18-13/h9H,6-8H2,1-5H3,(H,16,17). The number of aromatic nitrogens is 2. The van der Waals surface area contributed by atoms with Gasteiger partial charge in [-0.1, -0.05) is 5.16 Å². The summed E-state index contributed by atoms with van der Waals surface area (Å²) >= 11 is 1.67. The van der Waals surface area contributed by atoms with E-state index >= 15 is 0 Å². The van der Waals surface area contributed by atoms with E-state index in [-0.39, 0.29) is 0 Å². The lowest BCUT2D eigenvalue weighted by Gasteiger charge is -2.21. The van der Waals surface area contributed by atoms with Gasteiger partial charge in [-0.2, -0.15) is 0 Å². The van der Waals surface area contributed by atoms with Crippen LogP contribution in [0.2, 0.25) is 0 Å². The molecular formula is C15H23N5OS. The predicted molar refractivity (Wildman–Crippen MR) is 89.4 cm³/mol. The molecule has 7 heteroatoms. The highest BCUT2D eigenvalue weighted by atomic mass is 32.1. The van der Waals surface area contributed by atoms with Crippen LogP contribution >= 0.6 is 11.3 Å². The van der Waals surface area contributed by atoms with Crippen LogP contribution in [0.25, 0.3) is 0 Å². The van der Waals surface area contributed by atoms with Crippen LogP contribution in [0, 0.1) is 20.8 Å². The Hall–Kier alpha value is -1.89. The van der Waals surface area contributed by atoms with Crippen molar-refractivity contribution in [2.75, 3.05) is 20.6 Å². The number of nitrogens with one attached hydrogen (secondary N) is 1. The van der Waals surface area contributed by atoms with E-state index in [0.717, 1.165) is 47.6 Å². The lowest BCUT2D eigenvalue weighted by atomic mass is 10.1. The van der Waals surface area contributed by atoms with Crippen LogP contribution in [0.1, 0.15) is 27.7 Å². The number of hydrogen-bond donors (Lipinski definition) is 1. The molecule has 0 spiro atoms. The van der Waals surface area contributed by atoms with Gasteiger partial charge in [0.2, 0.25) is 0 Å². The lowest BCUT2D eigenvalue weighted by molar-refractivity contribution is 0.392. The molecule has 0 amide bonds. The van der Waals surface area contributed by atoms with Gasteiger partial charge in [-0.3, -0.25) is 4.99 Å². The van der Waals surface area contributed by atoms with Crippen LogP contribution in [0.5, 0.6) is 0 Å². The van der Waals surface area contributed by atoms with Crippen LogP contribution in [0.3, 0.4) is 0 Å². The minimum absolute atomic E-state index is 0.745. The Morgan fingerprint density at radius 3 is 2.73 bits per heavy atom. The molecule has 22 heavy (non-hydrogen) atoms. The van der Waals surface area contributed by atoms with Gasteiger partial charge in [0, 0.05) is 31.6 Å². The topological polar surface area (TPSA) is 66.6 Å². The highest BCUT2D eigenvalue weighted by molar-refractivity contribution is 7.09. The van der Waals surface area contributed by atoms with Gasteiger partial charge in [0.15, 0.2) is 5.96 Å². The Labute approximate surface area is 135 Å². The Morgan fingerprint density at radius 1 is 1.41 bits per heavy atom. The number of guanidine groups is 1. The molecule has 2 aromatic rings. The smallest absolute Gasteiger partial charge is 0.193 e. The van der Waals surface area contributed by atoms with Gasteiger partial charge in [0.25, 0.3) is 0 Å². The van der Waals surface area contributed by atoms with E-state index in [1.54, 1.807) is 18.4 Å². The summed E-state index contributed by atoms with van der Waals surface area (Å²) in [6, 6.07) is 0. The highest BCUT2D eigenvalue weighted by Crippen LogP contribution is 2.12. The number of thiazole rings is 1. The molecule has 120 valence electrons. The average molecular weight is 321 g/mol. The first-order valence-corrected chi connectivity index (χ1v) is 8.13. The first kappa shape index (κ1) is 16.5. The van der Waals surface area contributed by atoms with Crippen molar-refractivity contribution in [3.63, 3.8) is 0 Å². The molecule has 0 radical (unpaired) electrons. The Kier molecular flexibility index (Phi) is 5.54. The lowest BCUT2D eigenvalue weighted by Crippen LogP contribution is -2.39. The Balaban J connectivity index is 1.87. The van der Waals surface area contributed by atoms with Crippen LogP contribution in [-0.4, -0.2) is 41.6 Å². The summed E-state index contributed by atoms with van der Waals surface area (Å²) in [4.78, 5) is 10.9. The maximum Gasteiger partial charge on any atom is 0.193 e. The van der Waals surface area contributed by atoms with Gasteiger partial charge in [-0.25, -0.2) is 4.98 Å². The Bertz CT molecular complexity index is 627. The molecule has 0 fully saturated rings. The quantitative estimate of drug-likeness (QED) is 0.676. The molecule has 0 bridgehead atoms. The number of hydrogen-bond acceptors (Lipinski definition) is 5. The van der Waals surface area contributed by atoms with Crippen LogP contribution in [0.15, 0.2) is 14.9 Å². The van der Waals surface area contributed by atoms with Crippen molar-refractivity contribution in [2.45, 2.75) is 33.7 Å². The van der Waals surface area contributed by atoms with Gasteiger partial charge in [-0.05, 0) is 27.2 Å². The van der Waals surface area contributed by atoms with Crippen molar-refractivity contribution < 1.29 is 4.52 Å². The third-order valence-electron chi connectivity index (χ3n) is 3.48. The fourth-order valence-electron chi connectivity index (χ4n) is 2.34. The van der Waals surface area contributed by atoms with Gasteiger partial charge in [0.05, 0.1) is 22.9 Å². The maximum atomic E-state index is 5.18. The summed E-state index contributed by atoms with van der Waals surface area (Å²) in [6.07, 6.45) is 0.865. The maximum absolute atomic E-state index is 5.18. The van der Waals surface area contributed by atoms with E-state index < -0.39 is 0 Å². The normalized spacial score (nSPS) is 11.8. The number of aliphatic imine (C=N–C) groups is 1. The van der Waals surface area contributed by atoms with Crippen molar-refractivity contribution >= 4 is 17.3 Å². The first-order chi connectivity index (χ1) is 10.5. The second kappa shape index (κ2) is 7.40.